The zero-order valence-corrected chi connectivity index (χ0v) is 54.1. The van der Waals surface area contributed by atoms with E-state index < -0.39 is 12.1 Å². The molecule has 0 radical (unpaired) electrons. The summed E-state index contributed by atoms with van der Waals surface area (Å²) < 4.78 is 5.48. The minimum absolute atomic E-state index is 0.00179. The molecule has 0 spiro atoms. The summed E-state index contributed by atoms with van der Waals surface area (Å²) in [6, 6.07) is -0.548. The Balaban J connectivity index is 3.41. The third kappa shape index (κ3) is 65.2. The smallest absolute Gasteiger partial charge is 0.305 e. The van der Waals surface area contributed by atoms with Crippen molar-refractivity contribution in [3.63, 3.8) is 0 Å². The lowest BCUT2D eigenvalue weighted by Gasteiger charge is -2.22. The van der Waals surface area contributed by atoms with Gasteiger partial charge in [0.05, 0.1) is 25.4 Å². The number of hydrogen-bond donors (Lipinski definition) is 3. The fourth-order valence-electron chi connectivity index (χ4n) is 11.4. The highest BCUT2D eigenvalue weighted by Gasteiger charge is 2.20. The third-order valence-electron chi connectivity index (χ3n) is 16.9. The monoisotopic (exact) mass is 1120 g/mol. The van der Waals surface area contributed by atoms with E-state index in [9.17, 15) is 19.8 Å². The first kappa shape index (κ1) is 78.1. The molecule has 1 amide bonds. The molecule has 0 saturated heterocycles. The van der Waals surface area contributed by atoms with Gasteiger partial charge in [0.15, 0.2) is 0 Å². The molecular formula is C74H141NO5. The van der Waals surface area contributed by atoms with Crippen LogP contribution >= 0.6 is 0 Å². The molecule has 0 aliphatic rings. The third-order valence-corrected chi connectivity index (χ3v) is 16.9. The zero-order chi connectivity index (χ0) is 57.8. The van der Waals surface area contributed by atoms with Crippen molar-refractivity contribution in [2.45, 2.75) is 411 Å². The van der Waals surface area contributed by atoms with E-state index >= 15 is 0 Å². The van der Waals surface area contributed by atoms with Gasteiger partial charge in [-0.25, -0.2) is 0 Å². The van der Waals surface area contributed by atoms with Gasteiger partial charge in [0.25, 0.3) is 0 Å². The Hall–Kier alpha value is -1.92. The number of carbonyl (C=O) groups is 2. The van der Waals surface area contributed by atoms with Crippen molar-refractivity contribution in [1.29, 1.82) is 0 Å². The molecule has 0 aliphatic heterocycles. The van der Waals surface area contributed by atoms with Crippen LogP contribution in [0, 0.1) is 0 Å². The second-order valence-corrected chi connectivity index (χ2v) is 24.9. The second kappa shape index (κ2) is 69.6. The van der Waals surface area contributed by atoms with Gasteiger partial charge in [-0.15, -0.1) is 0 Å². The number of carbonyl (C=O) groups excluding carboxylic acids is 2. The summed E-state index contributed by atoms with van der Waals surface area (Å²) in [6.07, 6.45) is 89.1. The predicted molar refractivity (Wildman–Crippen MR) is 352 cm³/mol. The first-order valence-electron chi connectivity index (χ1n) is 36.2. The summed E-state index contributed by atoms with van der Waals surface area (Å²) in [6.45, 7) is 4.95. The molecule has 0 aromatic carbocycles. The number of esters is 1. The molecule has 6 heteroatoms. The van der Waals surface area contributed by atoms with Gasteiger partial charge in [-0.05, 0) is 83.5 Å². The molecule has 80 heavy (non-hydrogen) atoms. The van der Waals surface area contributed by atoms with Crippen molar-refractivity contribution in [3.8, 4) is 0 Å². The number of rotatable bonds is 68. The molecular weight excluding hydrogens is 983 g/mol. The molecule has 2 unspecified atom stereocenters. The molecule has 0 saturated carbocycles. The summed E-state index contributed by atoms with van der Waals surface area (Å²) >= 11 is 0. The summed E-state index contributed by atoms with van der Waals surface area (Å²) in [5.74, 6) is -0.0388. The average Bonchev–Trinajstić information content (AvgIpc) is 3.46. The molecule has 0 fully saturated rings. The number of allylic oxidation sites excluding steroid dienone is 6. The molecule has 3 N–H and O–H groups in total. The number of hydrogen-bond acceptors (Lipinski definition) is 5. The van der Waals surface area contributed by atoms with Gasteiger partial charge in [0.1, 0.15) is 0 Å². The standard InChI is InChI=1S/C74H141NO5/c1-3-5-7-9-11-13-15-17-19-20-21-22-23-24-26-29-32-35-39-42-46-50-54-58-62-66-72(77)71(70-76)75-73(78)67-63-59-55-51-47-43-40-36-33-30-27-25-28-31-34-37-41-45-49-53-57-61-65-69-80-74(79)68-64-60-56-52-48-44-38-18-16-14-12-10-8-6-4-2/h12,14,18,30,33,38,71-72,76-77H,3-11,13,15-17,19-29,31-32,34-37,39-70H2,1-2H3,(H,75,78)/b14-12-,33-30-,38-18-. The zero-order valence-electron chi connectivity index (χ0n) is 54.1. The van der Waals surface area contributed by atoms with E-state index in [2.05, 4.69) is 55.6 Å². The first-order chi connectivity index (χ1) is 39.5. The van der Waals surface area contributed by atoms with Crippen molar-refractivity contribution >= 4 is 11.9 Å². The average molecular weight is 1120 g/mol. The quantitative estimate of drug-likeness (QED) is 0.0320. The molecule has 472 valence electrons. The van der Waals surface area contributed by atoms with Crippen LogP contribution in [0.1, 0.15) is 399 Å². The molecule has 6 nitrogen and oxygen atoms in total. The number of aliphatic hydroxyl groups excluding tert-OH is 2. The highest BCUT2D eigenvalue weighted by atomic mass is 16.5. The Labute approximate surface area is 500 Å². The predicted octanol–water partition coefficient (Wildman–Crippen LogP) is 23.5. The Bertz CT molecular complexity index is 1300. The van der Waals surface area contributed by atoms with E-state index in [1.165, 1.54) is 315 Å². The lowest BCUT2D eigenvalue weighted by molar-refractivity contribution is -0.143. The van der Waals surface area contributed by atoms with E-state index in [1.54, 1.807) is 0 Å². The van der Waals surface area contributed by atoms with Crippen LogP contribution in [0.15, 0.2) is 36.5 Å². The summed E-state index contributed by atoms with van der Waals surface area (Å²) in [4.78, 5) is 24.6. The fourth-order valence-corrected chi connectivity index (χ4v) is 11.4. The molecule has 0 aromatic heterocycles. The summed E-state index contributed by atoms with van der Waals surface area (Å²) in [5.41, 5.74) is 0. The number of ether oxygens (including phenoxy) is 1. The van der Waals surface area contributed by atoms with Crippen LogP contribution in [0.2, 0.25) is 0 Å². The molecule has 0 aliphatic carbocycles. The van der Waals surface area contributed by atoms with Crippen molar-refractivity contribution < 1.29 is 24.5 Å². The van der Waals surface area contributed by atoms with Crippen LogP contribution in [0.25, 0.3) is 0 Å². The normalized spacial score (nSPS) is 12.7. The van der Waals surface area contributed by atoms with Gasteiger partial charge >= 0.3 is 5.97 Å². The van der Waals surface area contributed by atoms with E-state index in [0.29, 0.717) is 25.9 Å². The molecule has 2 atom stereocenters. The Kier molecular flexibility index (Phi) is 67.9. The lowest BCUT2D eigenvalue weighted by atomic mass is 10.0. The molecule has 0 bridgehead atoms. The number of amides is 1. The van der Waals surface area contributed by atoms with Gasteiger partial charge in [0, 0.05) is 12.8 Å². The van der Waals surface area contributed by atoms with Gasteiger partial charge in [-0.3, -0.25) is 9.59 Å². The Morgan fingerprint density at radius 2 is 0.625 bits per heavy atom. The van der Waals surface area contributed by atoms with Crippen LogP contribution in [0.5, 0.6) is 0 Å². The number of unbranched alkanes of at least 4 members (excludes halogenated alkanes) is 51. The SMILES string of the molecule is CCCCC/C=C\C/C=C\CCCCCCCC(=O)OCCCCCCCCCCCCCC/C=C\CCCCCCCCCC(=O)NC(CO)C(O)CCCCCCCCCCCCCCCCCCCCCCCCCCC. The summed E-state index contributed by atoms with van der Waals surface area (Å²) in [7, 11) is 0. The van der Waals surface area contributed by atoms with Crippen LogP contribution in [-0.2, 0) is 14.3 Å². The topological polar surface area (TPSA) is 95.9 Å². The van der Waals surface area contributed by atoms with E-state index in [1.807, 2.05) is 0 Å². The van der Waals surface area contributed by atoms with Gasteiger partial charge < -0.3 is 20.3 Å². The maximum Gasteiger partial charge on any atom is 0.305 e. The number of aliphatic hydroxyl groups is 2. The van der Waals surface area contributed by atoms with E-state index in [0.717, 1.165) is 51.4 Å². The molecule has 0 heterocycles. The second-order valence-electron chi connectivity index (χ2n) is 24.9. The maximum atomic E-state index is 12.6. The molecule has 0 aromatic rings. The van der Waals surface area contributed by atoms with Crippen LogP contribution < -0.4 is 5.32 Å². The minimum atomic E-state index is -0.670. The Morgan fingerprint density at radius 3 is 0.988 bits per heavy atom. The van der Waals surface area contributed by atoms with Crippen LogP contribution in [0.4, 0.5) is 0 Å². The highest BCUT2D eigenvalue weighted by Crippen LogP contribution is 2.19. The van der Waals surface area contributed by atoms with Crippen molar-refractivity contribution in [3.05, 3.63) is 36.5 Å². The van der Waals surface area contributed by atoms with Gasteiger partial charge in [0.2, 0.25) is 5.91 Å². The van der Waals surface area contributed by atoms with E-state index in [4.69, 9.17) is 4.74 Å². The van der Waals surface area contributed by atoms with Gasteiger partial charge in [-0.1, -0.05) is 339 Å². The minimum Gasteiger partial charge on any atom is -0.466 e. The highest BCUT2D eigenvalue weighted by molar-refractivity contribution is 5.76. The largest absolute Gasteiger partial charge is 0.466 e. The molecule has 0 rings (SSSR count). The lowest BCUT2D eigenvalue weighted by Crippen LogP contribution is -2.45. The van der Waals surface area contributed by atoms with Crippen LogP contribution in [0.3, 0.4) is 0 Å². The maximum absolute atomic E-state index is 12.6. The van der Waals surface area contributed by atoms with Crippen molar-refractivity contribution in [1.82, 2.24) is 5.32 Å². The van der Waals surface area contributed by atoms with Gasteiger partial charge in [-0.2, -0.15) is 0 Å². The fraction of sp³-hybridized carbons (Fsp3) is 0.892. The van der Waals surface area contributed by atoms with Crippen LogP contribution in [-0.4, -0.2) is 47.4 Å². The Morgan fingerprint density at radius 1 is 0.350 bits per heavy atom. The number of nitrogens with one attached hydrogen (secondary N) is 1. The summed E-state index contributed by atoms with van der Waals surface area (Å²) in [5, 5.41) is 23.5. The van der Waals surface area contributed by atoms with E-state index in [-0.39, 0.29) is 18.5 Å². The first-order valence-corrected chi connectivity index (χ1v) is 36.2. The van der Waals surface area contributed by atoms with Crippen molar-refractivity contribution in [2.75, 3.05) is 13.2 Å². The van der Waals surface area contributed by atoms with Crippen molar-refractivity contribution in [2.24, 2.45) is 0 Å².